The van der Waals surface area contributed by atoms with Gasteiger partial charge < -0.3 is 14.6 Å². The molecule has 0 aromatic rings. The number of ether oxygens (including phenoxy) is 2. The Balaban J connectivity index is 3.45. The van der Waals surface area contributed by atoms with Gasteiger partial charge in [-0.3, -0.25) is 9.59 Å². The zero-order chi connectivity index (χ0) is 53.4. The normalized spacial score (nSPS) is 12.7. The molecule has 0 aromatic carbocycles. The number of hydrogen-bond acceptors (Lipinski definition) is 5. The predicted octanol–water partition coefficient (Wildman–Crippen LogP) is 22.1. The highest BCUT2D eigenvalue weighted by atomic mass is 16.6. The molecule has 0 fully saturated rings. The summed E-state index contributed by atoms with van der Waals surface area (Å²) in [6.07, 6.45) is 90.2. The van der Waals surface area contributed by atoms with E-state index in [9.17, 15) is 14.7 Å². The Morgan fingerprint density at radius 2 is 0.581 bits per heavy atom. The first-order chi connectivity index (χ1) is 36.6. The summed E-state index contributed by atoms with van der Waals surface area (Å²) in [5, 5.41) is 9.68. The van der Waals surface area contributed by atoms with Crippen LogP contribution in [0.3, 0.4) is 0 Å². The number of esters is 2. The van der Waals surface area contributed by atoms with E-state index in [0.717, 1.165) is 83.5 Å². The number of carbonyl (C=O) groups is 2. The van der Waals surface area contributed by atoms with E-state index in [1.54, 1.807) is 0 Å². The van der Waals surface area contributed by atoms with Crippen LogP contribution in [-0.2, 0) is 19.1 Å². The first-order valence-electron chi connectivity index (χ1n) is 32.1. The van der Waals surface area contributed by atoms with Crippen LogP contribution in [0, 0.1) is 0 Å². The number of aliphatic hydroxyl groups excluding tert-OH is 1. The van der Waals surface area contributed by atoms with Crippen molar-refractivity contribution >= 4 is 11.9 Å². The first-order valence-corrected chi connectivity index (χ1v) is 32.1. The Labute approximate surface area is 460 Å². The molecule has 428 valence electrons. The lowest BCUT2D eigenvalue weighted by Gasteiger charge is -2.15. The molecule has 0 rings (SSSR count). The number of carbonyl (C=O) groups excluding carboxylic acids is 2. The number of rotatable bonds is 59. The SMILES string of the molecule is CC/C=C\C/C=C\C/C=C\C/C=C\C/C=C\C/C=C\C/C=C\CCCCCCCCCCCCCCCCCCCC(=O)OC(CO)COC(=O)CCCCCCCCCCCCCCCCCCCCCCC. The molecule has 0 saturated heterocycles. The van der Waals surface area contributed by atoms with Crippen LogP contribution in [0.4, 0.5) is 0 Å². The summed E-state index contributed by atoms with van der Waals surface area (Å²) in [4.78, 5) is 24.6. The van der Waals surface area contributed by atoms with Crippen LogP contribution in [0.2, 0.25) is 0 Å². The Kier molecular flexibility index (Phi) is 61.8. The van der Waals surface area contributed by atoms with Gasteiger partial charge in [-0.1, -0.05) is 324 Å². The van der Waals surface area contributed by atoms with E-state index >= 15 is 0 Å². The molecule has 0 aliphatic carbocycles. The third-order valence-electron chi connectivity index (χ3n) is 14.2. The highest BCUT2D eigenvalue weighted by molar-refractivity contribution is 5.70. The minimum atomic E-state index is -0.772. The second-order valence-corrected chi connectivity index (χ2v) is 21.5. The van der Waals surface area contributed by atoms with Gasteiger partial charge in [0.15, 0.2) is 6.10 Å². The van der Waals surface area contributed by atoms with Gasteiger partial charge in [0.25, 0.3) is 0 Å². The molecule has 0 aliphatic rings. The molecule has 5 nitrogen and oxygen atoms in total. The second-order valence-electron chi connectivity index (χ2n) is 21.5. The molecule has 0 aliphatic heterocycles. The maximum atomic E-state index is 12.3. The third-order valence-corrected chi connectivity index (χ3v) is 14.2. The van der Waals surface area contributed by atoms with Gasteiger partial charge >= 0.3 is 11.9 Å². The van der Waals surface area contributed by atoms with Gasteiger partial charge in [0.05, 0.1) is 6.61 Å². The molecule has 0 saturated carbocycles. The summed E-state index contributed by atoms with van der Waals surface area (Å²) < 4.78 is 10.7. The number of unbranched alkanes of at least 4 members (excludes halogenated alkanes) is 37. The summed E-state index contributed by atoms with van der Waals surface area (Å²) in [5.41, 5.74) is 0. The molecular weight excluding hydrogens is 909 g/mol. The highest BCUT2D eigenvalue weighted by Crippen LogP contribution is 2.18. The van der Waals surface area contributed by atoms with Gasteiger partial charge in [0.2, 0.25) is 0 Å². The molecule has 0 spiro atoms. The lowest BCUT2D eigenvalue weighted by molar-refractivity contribution is -0.161. The average molecular weight is 1030 g/mol. The van der Waals surface area contributed by atoms with Crippen LogP contribution in [-0.4, -0.2) is 36.4 Å². The van der Waals surface area contributed by atoms with Crippen LogP contribution in [0.1, 0.15) is 322 Å². The van der Waals surface area contributed by atoms with Gasteiger partial charge in [0.1, 0.15) is 6.61 Å². The van der Waals surface area contributed by atoms with Crippen molar-refractivity contribution in [1.82, 2.24) is 0 Å². The van der Waals surface area contributed by atoms with Gasteiger partial charge in [-0.25, -0.2) is 0 Å². The Bertz CT molecular complexity index is 1350. The van der Waals surface area contributed by atoms with Crippen molar-refractivity contribution in [2.24, 2.45) is 0 Å². The van der Waals surface area contributed by atoms with Crippen LogP contribution < -0.4 is 0 Å². The third kappa shape index (κ3) is 61.6. The summed E-state index contributed by atoms with van der Waals surface area (Å²) >= 11 is 0. The quantitative estimate of drug-likeness (QED) is 0.0373. The maximum absolute atomic E-state index is 12.3. The second kappa shape index (κ2) is 64.4. The van der Waals surface area contributed by atoms with E-state index < -0.39 is 6.10 Å². The summed E-state index contributed by atoms with van der Waals surface area (Å²) in [6, 6.07) is 0. The van der Waals surface area contributed by atoms with E-state index in [2.05, 4.69) is 98.9 Å². The standard InChI is InChI=1S/C69H122O5/c1-3-5-7-9-11-13-15-17-19-21-23-25-26-27-28-29-30-31-32-33-34-35-36-37-38-39-40-41-42-44-46-48-50-52-54-56-58-60-62-64-69(72)74-67(65-70)66-73-68(71)63-61-59-57-55-53-51-49-47-45-43-24-22-20-18-16-14-12-10-8-6-4-2/h5,7,11,13,17,19,23,25,27-28,30-31,33-34,67,70H,3-4,6,8-10,12,14-16,18,20-22,24,26,29,32,35-66H2,1-2H3/b7-5-,13-11-,19-17-,25-23-,28-27-,31-30-,34-33-. The maximum Gasteiger partial charge on any atom is 0.306 e. The van der Waals surface area contributed by atoms with Crippen LogP contribution in [0.5, 0.6) is 0 Å². The number of allylic oxidation sites excluding steroid dienone is 14. The fourth-order valence-corrected chi connectivity index (χ4v) is 9.42. The Hall–Kier alpha value is -2.92. The fraction of sp³-hybridized carbons (Fsp3) is 0.768. The van der Waals surface area contributed by atoms with Gasteiger partial charge in [-0.15, -0.1) is 0 Å². The zero-order valence-electron chi connectivity index (χ0n) is 49.1. The van der Waals surface area contributed by atoms with E-state index in [-0.39, 0.29) is 25.2 Å². The Morgan fingerprint density at radius 1 is 0.324 bits per heavy atom. The van der Waals surface area contributed by atoms with Crippen molar-refractivity contribution in [3.8, 4) is 0 Å². The topological polar surface area (TPSA) is 72.8 Å². The van der Waals surface area contributed by atoms with Crippen molar-refractivity contribution in [2.75, 3.05) is 13.2 Å². The average Bonchev–Trinajstić information content (AvgIpc) is 3.40. The lowest BCUT2D eigenvalue weighted by Crippen LogP contribution is -2.28. The van der Waals surface area contributed by atoms with Gasteiger partial charge in [-0.2, -0.15) is 0 Å². The predicted molar refractivity (Wildman–Crippen MR) is 325 cm³/mol. The molecule has 0 aromatic heterocycles. The Morgan fingerprint density at radius 3 is 0.878 bits per heavy atom. The van der Waals surface area contributed by atoms with E-state index in [1.807, 2.05) is 0 Å². The lowest BCUT2D eigenvalue weighted by atomic mass is 10.0. The van der Waals surface area contributed by atoms with Crippen molar-refractivity contribution in [3.05, 3.63) is 85.1 Å². The summed E-state index contributed by atoms with van der Waals surface area (Å²) in [5.74, 6) is -0.574. The number of aliphatic hydroxyl groups is 1. The summed E-state index contributed by atoms with van der Waals surface area (Å²) in [6.45, 7) is 4.07. The minimum Gasteiger partial charge on any atom is -0.462 e. The molecule has 0 heterocycles. The van der Waals surface area contributed by atoms with Gasteiger partial charge in [-0.05, 0) is 70.6 Å². The summed E-state index contributed by atoms with van der Waals surface area (Å²) in [7, 11) is 0. The van der Waals surface area contributed by atoms with Crippen molar-refractivity contribution in [1.29, 1.82) is 0 Å². The van der Waals surface area contributed by atoms with E-state index in [1.165, 1.54) is 212 Å². The largest absolute Gasteiger partial charge is 0.462 e. The van der Waals surface area contributed by atoms with Gasteiger partial charge in [0, 0.05) is 12.8 Å². The van der Waals surface area contributed by atoms with Crippen LogP contribution in [0.25, 0.3) is 0 Å². The van der Waals surface area contributed by atoms with E-state index in [4.69, 9.17) is 9.47 Å². The zero-order valence-corrected chi connectivity index (χ0v) is 49.1. The highest BCUT2D eigenvalue weighted by Gasteiger charge is 2.16. The van der Waals surface area contributed by atoms with Crippen molar-refractivity contribution < 1.29 is 24.2 Å². The number of hydrogen-bond donors (Lipinski definition) is 1. The molecule has 1 N–H and O–H groups in total. The molecule has 1 atom stereocenters. The minimum absolute atomic E-state index is 0.0624. The van der Waals surface area contributed by atoms with E-state index in [0.29, 0.717) is 12.8 Å². The monoisotopic (exact) mass is 1030 g/mol. The molecule has 0 bridgehead atoms. The van der Waals surface area contributed by atoms with Crippen molar-refractivity contribution in [3.63, 3.8) is 0 Å². The molecule has 74 heavy (non-hydrogen) atoms. The molecular formula is C69H122O5. The molecule has 0 amide bonds. The molecule has 0 radical (unpaired) electrons. The van der Waals surface area contributed by atoms with Crippen LogP contribution in [0.15, 0.2) is 85.1 Å². The smallest absolute Gasteiger partial charge is 0.306 e. The molecule has 5 heteroatoms. The fourth-order valence-electron chi connectivity index (χ4n) is 9.42. The molecule has 1 unspecified atom stereocenters. The first kappa shape index (κ1) is 71.1. The van der Waals surface area contributed by atoms with Crippen LogP contribution >= 0.6 is 0 Å². The van der Waals surface area contributed by atoms with Crippen molar-refractivity contribution in [2.45, 2.75) is 328 Å².